The number of methoxy groups -OCH3 is 2. The number of hydrogen-bond acceptors (Lipinski definition) is 5. The number of nitrogens with one attached hydrogen (secondary N) is 1. The fourth-order valence-corrected chi connectivity index (χ4v) is 3.45. The lowest BCUT2D eigenvalue weighted by Crippen LogP contribution is -2.45. The third kappa shape index (κ3) is 4.97. The van der Waals surface area contributed by atoms with Crippen LogP contribution in [0.1, 0.15) is 43.6 Å². The van der Waals surface area contributed by atoms with Crippen LogP contribution >= 0.6 is 11.6 Å². The Hall–Kier alpha value is -2.08. The van der Waals surface area contributed by atoms with E-state index < -0.39 is 23.8 Å². The quantitative estimate of drug-likeness (QED) is 0.605. The summed E-state index contributed by atoms with van der Waals surface area (Å²) in [6.07, 6.45) is 5.03. The number of benzene rings is 1. The van der Waals surface area contributed by atoms with Gasteiger partial charge < -0.3 is 14.8 Å². The van der Waals surface area contributed by atoms with Gasteiger partial charge in [-0.3, -0.25) is 14.4 Å². The van der Waals surface area contributed by atoms with Crippen LogP contribution in [0, 0.1) is 5.92 Å². The first kappa shape index (κ1) is 20.2. The summed E-state index contributed by atoms with van der Waals surface area (Å²) in [5.41, 5.74) is 0.503. The van der Waals surface area contributed by atoms with Crippen molar-refractivity contribution in [2.75, 3.05) is 14.2 Å². The number of rotatable bonds is 6. The number of amides is 1. The van der Waals surface area contributed by atoms with Crippen LogP contribution in [0.4, 0.5) is 0 Å². The highest BCUT2D eigenvalue weighted by Gasteiger charge is 2.42. The Morgan fingerprint density at radius 3 is 2.04 bits per heavy atom. The van der Waals surface area contributed by atoms with Crippen molar-refractivity contribution in [3.05, 3.63) is 34.9 Å². The van der Waals surface area contributed by atoms with Gasteiger partial charge in [-0.1, -0.05) is 43.0 Å². The number of halogens is 1. The Morgan fingerprint density at radius 2 is 1.54 bits per heavy atom. The molecule has 0 radical (unpaired) electrons. The van der Waals surface area contributed by atoms with Gasteiger partial charge in [0, 0.05) is 11.1 Å². The lowest BCUT2D eigenvalue weighted by Gasteiger charge is -2.28. The summed E-state index contributed by atoms with van der Waals surface area (Å²) in [7, 11) is 2.35. The predicted molar refractivity (Wildman–Crippen MR) is 96.7 cm³/mol. The Morgan fingerprint density at radius 1 is 1.00 bits per heavy atom. The van der Waals surface area contributed by atoms with Crippen LogP contribution in [0.3, 0.4) is 0 Å². The standard InChI is InChI=1S/C19H24ClNO5/c1-25-18(23)16(19(24)26-2)15(12-8-10-13(20)11-9-12)17(22)21-14-6-4-3-5-7-14/h8-11,14-16H,3-7H2,1-2H3,(H,21,22). The van der Waals surface area contributed by atoms with Crippen LogP contribution in [0.15, 0.2) is 24.3 Å². The molecule has 1 atom stereocenters. The molecule has 0 saturated heterocycles. The minimum atomic E-state index is -1.38. The molecule has 0 aromatic heterocycles. The Bertz CT molecular complexity index is 624. The third-order valence-corrected chi connectivity index (χ3v) is 4.96. The molecule has 0 aliphatic heterocycles. The summed E-state index contributed by atoms with van der Waals surface area (Å²) in [6.45, 7) is 0. The van der Waals surface area contributed by atoms with E-state index in [2.05, 4.69) is 5.32 Å². The molecule has 1 N–H and O–H groups in total. The van der Waals surface area contributed by atoms with Gasteiger partial charge in [0.05, 0.1) is 20.1 Å². The molecule has 1 amide bonds. The van der Waals surface area contributed by atoms with Gasteiger partial charge in [0.1, 0.15) is 0 Å². The highest BCUT2D eigenvalue weighted by Crippen LogP contribution is 2.29. The molecule has 7 heteroatoms. The zero-order chi connectivity index (χ0) is 19.1. The zero-order valence-electron chi connectivity index (χ0n) is 15.0. The number of carbonyl (C=O) groups is 3. The maximum Gasteiger partial charge on any atom is 0.321 e. The summed E-state index contributed by atoms with van der Waals surface area (Å²) < 4.78 is 9.51. The minimum Gasteiger partial charge on any atom is -0.468 e. The van der Waals surface area contributed by atoms with Crippen LogP contribution in [0.25, 0.3) is 0 Å². The third-order valence-electron chi connectivity index (χ3n) is 4.71. The monoisotopic (exact) mass is 381 g/mol. The van der Waals surface area contributed by atoms with Crippen LogP contribution in [-0.2, 0) is 23.9 Å². The van der Waals surface area contributed by atoms with Crippen molar-refractivity contribution in [3.8, 4) is 0 Å². The summed E-state index contributed by atoms with van der Waals surface area (Å²) in [5, 5.41) is 3.48. The molecule has 2 rings (SSSR count). The number of esters is 2. The maximum atomic E-state index is 13.0. The van der Waals surface area contributed by atoms with Gasteiger partial charge in [-0.05, 0) is 30.5 Å². The molecule has 26 heavy (non-hydrogen) atoms. The number of ether oxygens (including phenoxy) is 2. The summed E-state index contributed by atoms with van der Waals surface area (Å²) in [4.78, 5) is 37.5. The lowest BCUT2D eigenvalue weighted by atomic mass is 9.84. The first-order valence-corrected chi connectivity index (χ1v) is 9.07. The van der Waals surface area contributed by atoms with E-state index in [1.54, 1.807) is 24.3 Å². The van der Waals surface area contributed by atoms with Gasteiger partial charge in [-0.25, -0.2) is 0 Å². The van der Waals surface area contributed by atoms with Crippen molar-refractivity contribution in [1.82, 2.24) is 5.32 Å². The summed E-state index contributed by atoms with van der Waals surface area (Å²) >= 11 is 5.93. The van der Waals surface area contributed by atoms with E-state index in [-0.39, 0.29) is 11.9 Å². The molecule has 1 aromatic rings. The first-order valence-electron chi connectivity index (χ1n) is 8.69. The van der Waals surface area contributed by atoms with Crippen molar-refractivity contribution in [2.24, 2.45) is 5.92 Å². The molecule has 1 aliphatic rings. The molecule has 0 heterocycles. The minimum absolute atomic E-state index is 0.0435. The molecule has 0 bridgehead atoms. The van der Waals surface area contributed by atoms with Crippen molar-refractivity contribution in [2.45, 2.75) is 44.1 Å². The zero-order valence-corrected chi connectivity index (χ0v) is 15.8. The highest BCUT2D eigenvalue weighted by atomic mass is 35.5. The van der Waals surface area contributed by atoms with Gasteiger partial charge in [0.25, 0.3) is 0 Å². The Kier molecular flexibility index (Phi) is 7.45. The number of carbonyl (C=O) groups excluding carboxylic acids is 3. The van der Waals surface area contributed by atoms with Crippen molar-refractivity contribution < 1.29 is 23.9 Å². The van der Waals surface area contributed by atoms with Crippen LogP contribution in [0.2, 0.25) is 5.02 Å². The molecule has 0 spiro atoms. The maximum absolute atomic E-state index is 13.0. The largest absolute Gasteiger partial charge is 0.468 e. The normalized spacial score (nSPS) is 16.0. The van der Waals surface area contributed by atoms with Gasteiger partial charge in [-0.15, -0.1) is 0 Å². The fraction of sp³-hybridized carbons (Fsp3) is 0.526. The average molecular weight is 382 g/mol. The molecule has 1 unspecified atom stereocenters. The molecular formula is C19H24ClNO5. The molecule has 1 fully saturated rings. The van der Waals surface area contributed by atoms with Crippen LogP contribution in [-0.4, -0.2) is 38.1 Å². The van der Waals surface area contributed by atoms with Crippen LogP contribution < -0.4 is 5.32 Å². The summed E-state index contributed by atoms with van der Waals surface area (Å²) in [6, 6.07) is 6.54. The van der Waals surface area contributed by atoms with E-state index in [0.29, 0.717) is 10.6 Å². The topological polar surface area (TPSA) is 81.7 Å². The number of hydrogen-bond donors (Lipinski definition) is 1. The fourth-order valence-electron chi connectivity index (χ4n) is 3.33. The molecule has 142 valence electrons. The van der Waals surface area contributed by atoms with E-state index >= 15 is 0 Å². The molecule has 1 saturated carbocycles. The van der Waals surface area contributed by atoms with Gasteiger partial charge >= 0.3 is 11.9 Å². The van der Waals surface area contributed by atoms with E-state index in [1.807, 2.05) is 0 Å². The lowest BCUT2D eigenvalue weighted by molar-refractivity contribution is -0.162. The van der Waals surface area contributed by atoms with E-state index in [4.69, 9.17) is 21.1 Å². The van der Waals surface area contributed by atoms with E-state index in [0.717, 1.165) is 32.1 Å². The van der Waals surface area contributed by atoms with Crippen molar-refractivity contribution in [3.63, 3.8) is 0 Å². The van der Waals surface area contributed by atoms with Crippen molar-refractivity contribution >= 4 is 29.4 Å². The van der Waals surface area contributed by atoms with Crippen LogP contribution in [0.5, 0.6) is 0 Å². The summed E-state index contributed by atoms with van der Waals surface area (Å²) in [5.74, 6) is -4.44. The second-order valence-electron chi connectivity index (χ2n) is 6.40. The SMILES string of the molecule is COC(=O)C(C(=O)OC)C(C(=O)NC1CCCCC1)c1ccc(Cl)cc1. The Balaban J connectivity index is 2.35. The van der Waals surface area contributed by atoms with Crippen molar-refractivity contribution in [1.29, 1.82) is 0 Å². The smallest absolute Gasteiger partial charge is 0.321 e. The first-order chi connectivity index (χ1) is 12.5. The van der Waals surface area contributed by atoms with E-state index in [1.165, 1.54) is 14.2 Å². The van der Waals surface area contributed by atoms with E-state index in [9.17, 15) is 14.4 Å². The Labute approximate surface area is 158 Å². The van der Waals surface area contributed by atoms with Gasteiger partial charge in [-0.2, -0.15) is 0 Å². The molecular weight excluding hydrogens is 358 g/mol. The molecule has 1 aliphatic carbocycles. The highest BCUT2D eigenvalue weighted by molar-refractivity contribution is 6.30. The second kappa shape index (κ2) is 9.57. The molecule has 1 aromatic carbocycles. The second-order valence-corrected chi connectivity index (χ2v) is 6.83. The van der Waals surface area contributed by atoms with Gasteiger partial charge in [0.15, 0.2) is 5.92 Å². The van der Waals surface area contributed by atoms with Gasteiger partial charge in [0.2, 0.25) is 5.91 Å². The molecule has 6 nitrogen and oxygen atoms in total. The predicted octanol–water partition coefficient (Wildman–Crippen LogP) is 2.83. The average Bonchev–Trinajstić information content (AvgIpc) is 2.66.